The maximum Gasteiger partial charge on any atom is 0.329 e. The number of Topliss-reactive ketones (excluding diaryl/α,β-unsaturated/α-hetero) is 1. The van der Waals surface area contributed by atoms with Crippen LogP contribution >= 0.6 is 0 Å². The normalized spacial score (nSPS) is 11.5. The van der Waals surface area contributed by atoms with Crippen molar-refractivity contribution in [2.75, 3.05) is 11.9 Å². The summed E-state index contributed by atoms with van der Waals surface area (Å²) in [6.45, 7) is 4.90. The summed E-state index contributed by atoms with van der Waals surface area (Å²) in [5.74, 6) is -1.65. The van der Waals surface area contributed by atoms with E-state index in [9.17, 15) is 19.2 Å². The molecule has 7 heteroatoms. The summed E-state index contributed by atoms with van der Waals surface area (Å²) in [5.41, 5.74) is 1.78. The molecule has 7 nitrogen and oxygen atoms in total. The highest BCUT2D eigenvalue weighted by Crippen LogP contribution is 2.12. The Morgan fingerprint density at radius 3 is 2.13 bits per heavy atom. The standard InChI is InChI=1S/C24H28N2O5/c1-4-21(28)25-19-12-10-18(11-13-19)20(27)15-31-24(30)23(16(2)3)26-22(29)14-17-8-6-5-7-9-17/h5-13,16,23H,4,14-15H2,1-3H3,(H,25,28)(H,26,29)/t23-/m0/s1. The van der Waals surface area contributed by atoms with Crippen molar-refractivity contribution >= 4 is 29.3 Å². The SMILES string of the molecule is CCC(=O)Nc1ccc(C(=O)COC(=O)[C@@H](NC(=O)Cc2ccccc2)C(C)C)cc1. The number of nitrogens with one attached hydrogen (secondary N) is 2. The lowest BCUT2D eigenvalue weighted by Gasteiger charge is -2.20. The average Bonchev–Trinajstić information content (AvgIpc) is 2.76. The quantitative estimate of drug-likeness (QED) is 0.451. The molecule has 0 bridgehead atoms. The summed E-state index contributed by atoms with van der Waals surface area (Å²) in [4.78, 5) is 48.5. The molecule has 31 heavy (non-hydrogen) atoms. The van der Waals surface area contributed by atoms with Crippen LogP contribution in [0.3, 0.4) is 0 Å². The van der Waals surface area contributed by atoms with Crippen molar-refractivity contribution in [2.45, 2.75) is 39.7 Å². The molecule has 0 aliphatic heterocycles. The lowest BCUT2D eigenvalue weighted by atomic mass is 10.0. The minimum Gasteiger partial charge on any atom is -0.456 e. The van der Waals surface area contributed by atoms with Crippen LogP contribution in [0.4, 0.5) is 5.69 Å². The molecule has 2 amide bonds. The summed E-state index contributed by atoms with van der Waals surface area (Å²) < 4.78 is 5.17. The zero-order chi connectivity index (χ0) is 22.8. The molecule has 0 aromatic heterocycles. The van der Waals surface area contributed by atoms with Gasteiger partial charge in [-0.2, -0.15) is 0 Å². The summed E-state index contributed by atoms with van der Waals surface area (Å²) in [6.07, 6.45) is 0.507. The number of carbonyl (C=O) groups excluding carboxylic acids is 4. The Morgan fingerprint density at radius 2 is 1.55 bits per heavy atom. The Balaban J connectivity index is 1.89. The Labute approximate surface area is 182 Å². The van der Waals surface area contributed by atoms with Crippen LogP contribution in [0.1, 0.15) is 43.1 Å². The smallest absolute Gasteiger partial charge is 0.329 e. The van der Waals surface area contributed by atoms with Crippen LogP contribution in [0.15, 0.2) is 54.6 Å². The third kappa shape index (κ3) is 7.70. The van der Waals surface area contributed by atoms with Crippen LogP contribution in [0.2, 0.25) is 0 Å². The van der Waals surface area contributed by atoms with E-state index >= 15 is 0 Å². The van der Waals surface area contributed by atoms with Gasteiger partial charge in [0.2, 0.25) is 11.8 Å². The third-order valence-corrected chi connectivity index (χ3v) is 4.60. The van der Waals surface area contributed by atoms with Gasteiger partial charge in [0.1, 0.15) is 6.04 Å². The molecule has 164 valence electrons. The van der Waals surface area contributed by atoms with Gasteiger partial charge in [-0.1, -0.05) is 51.1 Å². The first-order valence-corrected chi connectivity index (χ1v) is 10.2. The van der Waals surface area contributed by atoms with E-state index in [1.807, 2.05) is 30.3 Å². The zero-order valence-electron chi connectivity index (χ0n) is 18.0. The first kappa shape index (κ1) is 23.8. The Kier molecular flexibility index (Phi) is 8.94. The number of anilines is 1. The molecule has 1 atom stereocenters. The van der Waals surface area contributed by atoms with Gasteiger partial charge in [-0.3, -0.25) is 14.4 Å². The van der Waals surface area contributed by atoms with E-state index in [1.54, 1.807) is 45.0 Å². The van der Waals surface area contributed by atoms with Crippen molar-refractivity contribution in [3.8, 4) is 0 Å². The lowest BCUT2D eigenvalue weighted by Crippen LogP contribution is -2.46. The van der Waals surface area contributed by atoms with E-state index in [1.165, 1.54) is 0 Å². The summed E-state index contributed by atoms with van der Waals surface area (Å²) >= 11 is 0. The van der Waals surface area contributed by atoms with Gasteiger partial charge in [-0.15, -0.1) is 0 Å². The second-order valence-corrected chi connectivity index (χ2v) is 7.46. The minimum atomic E-state index is -0.851. The highest BCUT2D eigenvalue weighted by Gasteiger charge is 2.26. The Morgan fingerprint density at radius 1 is 0.903 bits per heavy atom. The molecule has 2 rings (SSSR count). The second kappa shape index (κ2) is 11.6. The van der Waals surface area contributed by atoms with Gasteiger partial charge in [0.25, 0.3) is 0 Å². The summed E-state index contributed by atoms with van der Waals surface area (Å²) in [6, 6.07) is 14.7. The average molecular weight is 424 g/mol. The van der Waals surface area contributed by atoms with Crippen molar-refractivity contribution in [3.05, 3.63) is 65.7 Å². The van der Waals surface area contributed by atoms with Crippen LogP contribution in [0.5, 0.6) is 0 Å². The molecule has 0 fully saturated rings. The van der Waals surface area contributed by atoms with Crippen LogP contribution in [0, 0.1) is 5.92 Å². The molecule has 0 spiro atoms. The molecule has 0 unspecified atom stereocenters. The van der Waals surface area contributed by atoms with E-state index in [2.05, 4.69) is 10.6 Å². The number of carbonyl (C=O) groups is 4. The number of amides is 2. The summed E-state index contributed by atoms with van der Waals surface area (Å²) in [7, 11) is 0. The molecule has 0 heterocycles. The van der Waals surface area contributed by atoms with Gasteiger partial charge in [0.15, 0.2) is 12.4 Å². The van der Waals surface area contributed by atoms with Gasteiger partial charge in [0, 0.05) is 17.7 Å². The van der Waals surface area contributed by atoms with E-state index < -0.39 is 18.6 Å². The molecular weight excluding hydrogens is 396 g/mol. The number of rotatable bonds is 10. The monoisotopic (exact) mass is 424 g/mol. The van der Waals surface area contributed by atoms with Crippen molar-refractivity contribution in [3.63, 3.8) is 0 Å². The molecular formula is C24H28N2O5. The van der Waals surface area contributed by atoms with E-state index in [0.717, 1.165) is 5.56 Å². The van der Waals surface area contributed by atoms with Crippen LogP contribution in [-0.2, 0) is 25.5 Å². The number of ether oxygens (including phenoxy) is 1. The Bertz CT molecular complexity index is 907. The van der Waals surface area contributed by atoms with Gasteiger partial charge in [-0.05, 0) is 35.7 Å². The third-order valence-electron chi connectivity index (χ3n) is 4.60. The van der Waals surface area contributed by atoms with E-state index in [0.29, 0.717) is 17.7 Å². The molecule has 0 saturated heterocycles. The van der Waals surface area contributed by atoms with Crippen molar-refractivity contribution in [2.24, 2.45) is 5.92 Å². The molecule has 2 aromatic carbocycles. The summed E-state index contributed by atoms with van der Waals surface area (Å²) in [5, 5.41) is 5.39. The van der Waals surface area contributed by atoms with Crippen molar-refractivity contribution < 1.29 is 23.9 Å². The zero-order valence-corrected chi connectivity index (χ0v) is 18.0. The predicted octanol–water partition coefficient (Wildman–Crippen LogP) is 3.14. The predicted molar refractivity (Wildman–Crippen MR) is 118 cm³/mol. The maximum absolute atomic E-state index is 12.5. The lowest BCUT2D eigenvalue weighted by molar-refractivity contribution is -0.148. The molecule has 0 aliphatic rings. The molecule has 2 aromatic rings. The van der Waals surface area contributed by atoms with Crippen LogP contribution < -0.4 is 10.6 Å². The van der Waals surface area contributed by atoms with Gasteiger partial charge in [-0.25, -0.2) is 4.79 Å². The molecule has 2 N–H and O–H groups in total. The topological polar surface area (TPSA) is 102 Å². The first-order chi connectivity index (χ1) is 14.8. The highest BCUT2D eigenvalue weighted by atomic mass is 16.5. The van der Waals surface area contributed by atoms with Crippen LogP contribution in [-0.4, -0.2) is 36.2 Å². The largest absolute Gasteiger partial charge is 0.456 e. The number of benzene rings is 2. The van der Waals surface area contributed by atoms with Gasteiger partial charge in [0.05, 0.1) is 6.42 Å². The molecule has 0 aliphatic carbocycles. The van der Waals surface area contributed by atoms with Crippen molar-refractivity contribution in [1.82, 2.24) is 5.32 Å². The maximum atomic E-state index is 12.5. The van der Waals surface area contributed by atoms with E-state index in [-0.39, 0.29) is 29.9 Å². The fourth-order valence-electron chi connectivity index (χ4n) is 2.80. The number of hydrogen-bond donors (Lipinski definition) is 2. The van der Waals surface area contributed by atoms with Crippen LogP contribution in [0.25, 0.3) is 0 Å². The molecule has 0 radical (unpaired) electrons. The molecule has 0 saturated carbocycles. The Hall–Kier alpha value is -3.48. The second-order valence-electron chi connectivity index (χ2n) is 7.46. The number of ketones is 1. The first-order valence-electron chi connectivity index (χ1n) is 10.2. The van der Waals surface area contributed by atoms with E-state index in [4.69, 9.17) is 4.74 Å². The fourth-order valence-corrected chi connectivity index (χ4v) is 2.80. The van der Waals surface area contributed by atoms with Crippen molar-refractivity contribution in [1.29, 1.82) is 0 Å². The number of hydrogen-bond acceptors (Lipinski definition) is 5. The van der Waals surface area contributed by atoms with Gasteiger partial charge < -0.3 is 15.4 Å². The minimum absolute atomic E-state index is 0.123. The highest BCUT2D eigenvalue weighted by molar-refractivity contribution is 5.99. The number of esters is 1. The van der Waals surface area contributed by atoms with Gasteiger partial charge >= 0.3 is 5.97 Å². The fraction of sp³-hybridized carbons (Fsp3) is 0.333.